The fraction of sp³-hybridized carbons (Fsp3) is 0.444. The SMILES string of the molecule is CC=CC1=CN2C(=O)CC2SC1. The second kappa shape index (κ2) is 2.98. The minimum Gasteiger partial charge on any atom is -0.306 e. The van der Waals surface area contributed by atoms with Crippen molar-refractivity contribution in [3.63, 3.8) is 0 Å². The maximum absolute atomic E-state index is 11.1. The van der Waals surface area contributed by atoms with E-state index in [1.807, 2.05) is 35.9 Å². The largest absolute Gasteiger partial charge is 0.306 e. The average Bonchev–Trinajstić information content (AvgIpc) is 2.07. The topological polar surface area (TPSA) is 20.3 Å². The van der Waals surface area contributed by atoms with Gasteiger partial charge in [-0.25, -0.2) is 0 Å². The Morgan fingerprint density at radius 3 is 3.25 bits per heavy atom. The van der Waals surface area contributed by atoms with E-state index in [4.69, 9.17) is 0 Å². The highest BCUT2D eigenvalue weighted by Crippen LogP contribution is 2.35. The molecule has 1 saturated heterocycles. The standard InChI is InChI=1S/C9H11NOS/c1-2-3-7-5-10-8(11)4-9(10)12-6-7/h2-3,5,9H,4,6H2,1H3. The Labute approximate surface area is 76.3 Å². The van der Waals surface area contributed by atoms with Crippen LogP contribution >= 0.6 is 11.8 Å². The highest BCUT2D eigenvalue weighted by molar-refractivity contribution is 8.00. The third kappa shape index (κ3) is 1.18. The summed E-state index contributed by atoms with van der Waals surface area (Å²) in [6.07, 6.45) is 6.78. The number of allylic oxidation sites excluding steroid dienone is 2. The number of rotatable bonds is 1. The smallest absolute Gasteiger partial charge is 0.230 e. The predicted octanol–water partition coefficient (Wildman–Crippen LogP) is 1.75. The Balaban J connectivity index is 2.13. The molecule has 3 heteroatoms. The van der Waals surface area contributed by atoms with Gasteiger partial charge < -0.3 is 4.90 Å². The van der Waals surface area contributed by atoms with Gasteiger partial charge in [0, 0.05) is 12.0 Å². The minimum absolute atomic E-state index is 0.259. The minimum atomic E-state index is 0.259. The molecular formula is C9H11NOS. The molecule has 0 N–H and O–H groups in total. The first-order valence-electron chi connectivity index (χ1n) is 4.07. The van der Waals surface area contributed by atoms with Crippen molar-refractivity contribution in [1.82, 2.24) is 4.90 Å². The number of amides is 1. The molecule has 0 aromatic rings. The number of hydrogen-bond donors (Lipinski definition) is 0. The Morgan fingerprint density at radius 1 is 1.75 bits per heavy atom. The van der Waals surface area contributed by atoms with E-state index >= 15 is 0 Å². The van der Waals surface area contributed by atoms with Crippen molar-refractivity contribution in [2.45, 2.75) is 18.7 Å². The zero-order chi connectivity index (χ0) is 8.55. The lowest BCUT2D eigenvalue weighted by Crippen LogP contribution is -2.48. The lowest BCUT2D eigenvalue weighted by Gasteiger charge is -2.40. The highest BCUT2D eigenvalue weighted by Gasteiger charge is 2.37. The summed E-state index contributed by atoms with van der Waals surface area (Å²) in [6, 6.07) is 0. The van der Waals surface area contributed by atoms with Crippen molar-refractivity contribution in [3.05, 3.63) is 23.9 Å². The van der Waals surface area contributed by atoms with Crippen LogP contribution in [0.3, 0.4) is 0 Å². The number of nitrogens with zero attached hydrogens (tertiary/aromatic N) is 1. The van der Waals surface area contributed by atoms with Crippen LogP contribution in [0.1, 0.15) is 13.3 Å². The van der Waals surface area contributed by atoms with E-state index in [0.717, 1.165) is 12.2 Å². The molecule has 0 aliphatic carbocycles. The van der Waals surface area contributed by atoms with Crippen LogP contribution in [-0.2, 0) is 4.79 Å². The van der Waals surface area contributed by atoms with Crippen molar-refractivity contribution < 1.29 is 4.79 Å². The zero-order valence-electron chi connectivity index (χ0n) is 6.99. The van der Waals surface area contributed by atoms with E-state index in [-0.39, 0.29) is 5.91 Å². The van der Waals surface area contributed by atoms with Crippen molar-refractivity contribution >= 4 is 17.7 Å². The molecule has 1 atom stereocenters. The first kappa shape index (κ1) is 7.92. The van der Waals surface area contributed by atoms with E-state index in [9.17, 15) is 4.79 Å². The summed E-state index contributed by atoms with van der Waals surface area (Å²) in [4.78, 5) is 12.9. The molecule has 1 fully saturated rings. The molecular weight excluding hydrogens is 170 g/mol. The number of carbonyl (C=O) groups is 1. The summed E-state index contributed by atoms with van der Waals surface area (Å²) >= 11 is 1.85. The van der Waals surface area contributed by atoms with Gasteiger partial charge in [0.1, 0.15) is 0 Å². The predicted molar refractivity (Wildman–Crippen MR) is 50.6 cm³/mol. The van der Waals surface area contributed by atoms with Crippen molar-refractivity contribution in [3.8, 4) is 0 Å². The van der Waals surface area contributed by atoms with Gasteiger partial charge in [-0.15, -0.1) is 11.8 Å². The van der Waals surface area contributed by atoms with Crippen LogP contribution in [0.25, 0.3) is 0 Å². The Bertz CT molecular complexity index is 270. The summed E-state index contributed by atoms with van der Waals surface area (Å²) in [5, 5.41) is 0.437. The van der Waals surface area contributed by atoms with E-state index in [0.29, 0.717) is 5.37 Å². The molecule has 0 radical (unpaired) electrons. The second-order valence-corrected chi connectivity index (χ2v) is 4.14. The van der Waals surface area contributed by atoms with Crippen LogP contribution in [0.4, 0.5) is 0 Å². The first-order chi connectivity index (χ1) is 5.81. The first-order valence-corrected chi connectivity index (χ1v) is 5.12. The van der Waals surface area contributed by atoms with Gasteiger partial charge in [-0.2, -0.15) is 0 Å². The average molecular weight is 181 g/mol. The Morgan fingerprint density at radius 2 is 2.58 bits per heavy atom. The maximum atomic E-state index is 11.1. The summed E-state index contributed by atoms with van der Waals surface area (Å²) in [6.45, 7) is 2.00. The monoisotopic (exact) mass is 181 g/mol. The third-order valence-corrected chi connectivity index (χ3v) is 3.35. The van der Waals surface area contributed by atoms with Crippen LogP contribution in [0.2, 0.25) is 0 Å². The van der Waals surface area contributed by atoms with E-state index < -0.39 is 0 Å². The molecule has 1 amide bonds. The molecule has 0 aromatic carbocycles. The Hall–Kier alpha value is -0.700. The van der Waals surface area contributed by atoms with Gasteiger partial charge in [-0.05, 0) is 12.5 Å². The second-order valence-electron chi connectivity index (χ2n) is 2.97. The molecule has 0 aromatic heterocycles. The quantitative estimate of drug-likeness (QED) is 0.574. The fourth-order valence-electron chi connectivity index (χ4n) is 1.41. The maximum Gasteiger partial charge on any atom is 0.230 e. The number of thioether (sulfide) groups is 1. The summed E-state index contributed by atoms with van der Waals surface area (Å²) < 4.78 is 0. The number of hydrogen-bond acceptors (Lipinski definition) is 2. The van der Waals surface area contributed by atoms with Gasteiger partial charge in [0.15, 0.2) is 0 Å². The highest BCUT2D eigenvalue weighted by atomic mass is 32.2. The van der Waals surface area contributed by atoms with E-state index in [1.165, 1.54) is 5.57 Å². The molecule has 2 aliphatic rings. The molecule has 2 rings (SSSR count). The van der Waals surface area contributed by atoms with Crippen LogP contribution in [-0.4, -0.2) is 21.9 Å². The van der Waals surface area contributed by atoms with E-state index in [2.05, 4.69) is 6.08 Å². The molecule has 0 bridgehead atoms. The van der Waals surface area contributed by atoms with Crippen LogP contribution in [0, 0.1) is 0 Å². The molecule has 0 spiro atoms. The molecule has 0 saturated carbocycles. The molecule has 64 valence electrons. The Kier molecular flexibility index (Phi) is 1.97. The summed E-state index contributed by atoms with van der Waals surface area (Å²) in [5.41, 5.74) is 1.24. The van der Waals surface area contributed by atoms with Gasteiger partial charge in [0.25, 0.3) is 0 Å². The van der Waals surface area contributed by atoms with Crippen LogP contribution < -0.4 is 0 Å². The van der Waals surface area contributed by atoms with Crippen LogP contribution in [0.15, 0.2) is 23.9 Å². The molecule has 2 aliphatic heterocycles. The number of β-lactam (4-membered cyclic amide) rings is 1. The molecule has 2 heterocycles. The van der Waals surface area contributed by atoms with Crippen molar-refractivity contribution in [1.29, 1.82) is 0 Å². The fourth-order valence-corrected chi connectivity index (χ4v) is 2.56. The van der Waals surface area contributed by atoms with Crippen LogP contribution in [0.5, 0.6) is 0 Å². The number of carbonyl (C=O) groups excluding carboxylic acids is 1. The van der Waals surface area contributed by atoms with E-state index in [1.54, 1.807) is 0 Å². The van der Waals surface area contributed by atoms with Gasteiger partial charge in [-0.3, -0.25) is 4.79 Å². The van der Waals surface area contributed by atoms with Crippen molar-refractivity contribution in [2.24, 2.45) is 0 Å². The molecule has 2 nitrogen and oxygen atoms in total. The third-order valence-electron chi connectivity index (χ3n) is 2.08. The molecule has 1 unspecified atom stereocenters. The van der Waals surface area contributed by atoms with Gasteiger partial charge >= 0.3 is 0 Å². The zero-order valence-corrected chi connectivity index (χ0v) is 7.80. The lowest BCUT2D eigenvalue weighted by molar-refractivity contribution is -0.137. The molecule has 12 heavy (non-hydrogen) atoms. The number of fused-ring (bicyclic) bond motifs is 1. The van der Waals surface area contributed by atoms with Crippen molar-refractivity contribution in [2.75, 3.05) is 5.75 Å². The normalized spacial score (nSPS) is 28.4. The summed E-state index contributed by atoms with van der Waals surface area (Å²) in [7, 11) is 0. The van der Waals surface area contributed by atoms with Gasteiger partial charge in [0.05, 0.1) is 11.8 Å². The summed E-state index contributed by atoms with van der Waals surface area (Å²) in [5.74, 6) is 1.30. The van der Waals surface area contributed by atoms with Gasteiger partial charge in [-0.1, -0.05) is 12.2 Å². The van der Waals surface area contributed by atoms with Gasteiger partial charge in [0.2, 0.25) is 5.91 Å². The lowest BCUT2D eigenvalue weighted by atomic mass is 10.2.